The summed E-state index contributed by atoms with van der Waals surface area (Å²) >= 11 is 0. The molecule has 98 valence electrons. The summed E-state index contributed by atoms with van der Waals surface area (Å²) < 4.78 is 0. The van der Waals surface area contributed by atoms with Gasteiger partial charge in [0.1, 0.15) is 0 Å². The second-order valence-corrected chi connectivity index (χ2v) is 5.66. The maximum Gasteiger partial charge on any atom is 0.328 e. The van der Waals surface area contributed by atoms with Crippen molar-refractivity contribution in [1.82, 2.24) is 0 Å². The highest BCUT2D eigenvalue weighted by atomic mass is 16.4. The minimum Gasteiger partial charge on any atom is -0.478 e. The van der Waals surface area contributed by atoms with Crippen LogP contribution in [0.4, 0.5) is 0 Å². The van der Waals surface area contributed by atoms with Crippen LogP contribution < -0.4 is 0 Å². The van der Waals surface area contributed by atoms with Crippen molar-refractivity contribution in [3.8, 4) is 0 Å². The number of aliphatic carboxylic acids is 1. The zero-order valence-corrected chi connectivity index (χ0v) is 11.4. The van der Waals surface area contributed by atoms with Crippen LogP contribution >= 0.6 is 0 Å². The zero-order valence-electron chi connectivity index (χ0n) is 11.4. The molecule has 0 fully saturated rings. The Morgan fingerprint density at radius 2 is 2.00 bits per heavy atom. The smallest absolute Gasteiger partial charge is 0.328 e. The molecule has 0 spiro atoms. The highest BCUT2D eigenvalue weighted by molar-refractivity contribution is 5.94. The van der Waals surface area contributed by atoms with Crippen LogP contribution in [0.3, 0.4) is 0 Å². The quantitative estimate of drug-likeness (QED) is 0.474. The van der Waals surface area contributed by atoms with Gasteiger partial charge in [0.25, 0.3) is 0 Å². The first-order valence-electron chi connectivity index (χ1n) is 6.00. The predicted octanol–water partition coefficient (Wildman–Crippen LogP) is 3.14. The van der Waals surface area contributed by atoms with Crippen molar-refractivity contribution in [1.29, 1.82) is 0 Å². The number of allylic oxidation sites excluding steroid dienone is 5. The lowest BCUT2D eigenvalue weighted by Crippen LogP contribution is -2.38. The van der Waals surface area contributed by atoms with Crippen LogP contribution in [-0.4, -0.2) is 16.9 Å². The van der Waals surface area contributed by atoms with E-state index in [9.17, 15) is 9.59 Å². The van der Waals surface area contributed by atoms with E-state index in [1.54, 1.807) is 19.1 Å². The van der Waals surface area contributed by atoms with Gasteiger partial charge in [-0.25, -0.2) is 4.79 Å². The number of carboxylic acid groups (broad SMARTS) is 1. The lowest BCUT2D eigenvalue weighted by molar-refractivity contribution is -0.133. The van der Waals surface area contributed by atoms with Gasteiger partial charge in [0.15, 0.2) is 5.78 Å². The Morgan fingerprint density at radius 1 is 1.39 bits per heavy atom. The Bertz CT molecular complexity index is 452. The number of rotatable bonds is 3. The molecule has 0 bridgehead atoms. The van der Waals surface area contributed by atoms with Crippen LogP contribution in [0.25, 0.3) is 0 Å². The molecule has 0 aromatic carbocycles. The SMILES string of the molecule is CC(=C/C(=O)O)/C=C/[C@@]1(C)C=CCC(C)(C)C1=O. The normalized spacial score (nSPS) is 27.8. The Hall–Kier alpha value is -1.64. The van der Waals surface area contributed by atoms with Crippen LogP contribution in [0.5, 0.6) is 0 Å². The fourth-order valence-corrected chi connectivity index (χ4v) is 2.17. The first-order chi connectivity index (χ1) is 8.17. The molecule has 18 heavy (non-hydrogen) atoms. The number of carbonyl (C=O) groups is 2. The van der Waals surface area contributed by atoms with Crippen molar-refractivity contribution < 1.29 is 14.7 Å². The molecule has 1 rings (SSSR count). The fourth-order valence-electron chi connectivity index (χ4n) is 2.17. The summed E-state index contributed by atoms with van der Waals surface area (Å²) in [5.41, 5.74) is -0.388. The highest BCUT2D eigenvalue weighted by Crippen LogP contribution is 2.39. The van der Waals surface area contributed by atoms with E-state index >= 15 is 0 Å². The van der Waals surface area contributed by atoms with Crippen molar-refractivity contribution in [3.63, 3.8) is 0 Å². The average Bonchev–Trinajstić information content (AvgIpc) is 2.22. The van der Waals surface area contributed by atoms with E-state index in [1.165, 1.54) is 0 Å². The molecule has 0 radical (unpaired) electrons. The molecule has 1 aliphatic rings. The average molecular weight is 248 g/mol. The van der Waals surface area contributed by atoms with Crippen molar-refractivity contribution in [3.05, 3.63) is 36.0 Å². The highest BCUT2D eigenvalue weighted by Gasteiger charge is 2.40. The standard InChI is InChI=1S/C15H20O3/c1-11(10-12(16)17)6-9-15(4)8-5-7-14(2,3)13(15)18/h5-6,8-10H,7H2,1-4H3,(H,16,17)/b9-6+,11-10-/t15-/m1/s1. The lowest BCUT2D eigenvalue weighted by atomic mass is 9.67. The van der Waals surface area contributed by atoms with Gasteiger partial charge in [0.05, 0.1) is 5.41 Å². The molecule has 3 heteroatoms. The van der Waals surface area contributed by atoms with E-state index in [2.05, 4.69) is 0 Å². The summed E-state index contributed by atoms with van der Waals surface area (Å²) in [6, 6.07) is 0. The van der Waals surface area contributed by atoms with Gasteiger partial charge in [-0.2, -0.15) is 0 Å². The second-order valence-electron chi connectivity index (χ2n) is 5.66. The third-order valence-corrected chi connectivity index (χ3v) is 3.24. The van der Waals surface area contributed by atoms with Crippen LogP contribution in [-0.2, 0) is 9.59 Å². The van der Waals surface area contributed by atoms with Gasteiger partial charge in [0.2, 0.25) is 0 Å². The summed E-state index contributed by atoms with van der Waals surface area (Å²) in [4.78, 5) is 22.9. The number of Topliss-reactive ketones (excluding diaryl/α,β-unsaturated/α-hetero) is 1. The lowest BCUT2D eigenvalue weighted by Gasteiger charge is -2.35. The van der Waals surface area contributed by atoms with E-state index in [4.69, 9.17) is 5.11 Å². The number of carbonyl (C=O) groups excluding carboxylic acids is 1. The van der Waals surface area contributed by atoms with Crippen LogP contribution in [0.1, 0.15) is 34.1 Å². The third-order valence-electron chi connectivity index (χ3n) is 3.24. The molecule has 0 saturated carbocycles. The van der Waals surface area contributed by atoms with E-state index in [1.807, 2.05) is 32.9 Å². The van der Waals surface area contributed by atoms with Crippen molar-refractivity contribution >= 4 is 11.8 Å². The molecule has 0 amide bonds. The van der Waals surface area contributed by atoms with Gasteiger partial charge >= 0.3 is 5.97 Å². The Balaban J connectivity index is 2.99. The molecule has 1 aliphatic carbocycles. The Kier molecular flexibility index (Phi) is 3.95. The molecular formula is C15H20O3. The van der Waals surface area contributed by atoms with Crippen LogP contribution in [0.2, 0.25) is 0 Å². The van der Waals surface area contributed by atoms with Gasteiger partial charge in [-0.1, -0.05) is 38.2 Å². The molecule has 0 aromatic heterocycles. The van der Waals surface area contributed by atoms with Gasteiger partial charge < -0.3 is 5.11 Å². The van der Waals surface area contributed by atoms with E-state index < -0.39 is 11.4 Å². The summed E-state index contributed by atoms with van der Waals surface area (Å²) in [5.74, 6) is -0.815. The van der Waals surface area contributed by atoms with Crippen molar-refractivity contribution in [2.45, 2.75) is 34.1 Å². The summed E-state index contributed by atoms with van der Waals surface area (Å²) in [5, 5.41) is 8.63. The summed E-state index contributed by atoms with van der Waals surface area (Å²) in [6.45, 7) is 7.43. The maximum absolute atomic E-state index is 12.4. The Labute approximate surface area is 108 Å². The molecule has 0 saturated heterocycles. The van der Waals surface area contributed by atoms with Crippen molar-refractivity contribution in [2.75, 3.05) is 0 Å². The number of hydrogen-bond acceptors (Lipinski definition) is 2. The minimum absolute atomic E-state index is 0.164. The van der Waals surface area contributed by atoms with Crippen LogP contribution in [0, 0.1) is 10.8 Å². The monoisotopic (exact) mass is 248 g/mol. The number of carboxylic acids is 1. The van der Waals surface area contributed by atoms with E-state index in [-0.39, 0.29) is 11.2 Å². The molecule has 0 aromatic rings. The second kappa shape index (κ2) is 4.92. The van der Waals surface area contributed by atoms with Crippen LogP contribution in [0.15, 0.2) is 36.0 Å². The van der Waals surface area contributed by atoms with E-state index in [0.29, 0.717) is 5.57 Å². The maximum atomic E-state index is 12.4. The molecule has 0 unspecified atom stereocenters. The van der Waals surface area contributed by atoms with Gasteiger partial charge in [-0.05, 0) is 25.8 Å². The van der Waals surface area contributed by atoms with Gasteiger partial charge in [-0.15, -0.1) is 0 Å². The molecule has 1 N–H and O–H groups in total. The zero-order chi connectivity index (χ0) is 14.0. The molecule has 3 nitrogen and oxygen atoms in total. The molecule has 1 atom stereocenters. The van der Waals surface area contributed by atoms with Gasteiger partial charge in [0, 0.05) is 11.5 Å². The third kappa shape index (κ3) is 3.19. The molecule has 0 aliphatic heterocycles. The number of hydrogen-bond donors (Lipinski definition) is 1. The first kappa shape index (κ1) is 14.4. The first-order valence-corrected chi connectivity index (χ1v) is 6.00. The minimum atomic E-state index is -0.979. The fraction of sp³-hybridized carbons (Fsp3) is 0.467. The number of ketones is 1. The Morgan fingerprint density at radius 3 is 2.56 bits per heavy atom. The molecular weight excluding hydrogens is 228 g/mol. The summed E-state index contributed by atoms with van der Waals surface area (Å²) in [7, 11) is 0. The summed E-state index contributed by atoms with van der Waals surface area (Å²) in [6.07, 6.45) is 9.26. The largest absolute Gasteiger partial charge is 0.478 e. The van der Waals surface area contributed by atoms with Gasteiger partial charge in [-0.3, -0.25) is 4.79 Å². The topological polar surface area (TPSA) is 54.4 Å². The molecule has 0 heterocycles. The van der Waals surface area contributed by atoms with Crippen molar-refractivity contribution in [2.24, 2.45) is 10.8 Å². The predicted molar refractivity (Wildman–Crippen MR) is 71.2 cm³/mol. The van der Waals surface area contributed by atoms with E-state index in [0.717, 1.165) is 12.5 Å².